The van der Waals surface area contributed by atoms with Gasteiger partial charge in [-0.1, -0.05) is 54.8 Å². The summed E-state index contributed by atoms with van der Waals surface area (Å²) in [7, 11) is 0. The molecular formula is C22H22N4OS. The number of nitrogens with two attached hydrogens (primary N) is 1. The third kappa shape index (κ3) is 4.92. The number of anilines is 2. The summed E-state index contributed by atoms with van der Waals surface area (Å²) >= 11 is 1.62. The van der Waals surface area contributed by atoms with Crippen molar-refractivity contribution in [2.75, 3.05) is 11.1 Å². The molecule has 0 bridgehead atoms. The molecule has 0 radical (unpaired) electrons. The van der Waals surface area contributed by atoms with Crippen LogP contribution in [0.15, 0.2) is 72.4 Å². The zero-order valence-corrected chi connectivity index (χ0v) is 16.4. The second-order valence-electron chi connectivity index (χ2n) is 6.17. The van der Waals surface area contributed by atoms with Crippen molar-refractivity contribution in [3.8, 4) is 0 Å². The van der Waals surface area contributed by atoms with Gasteiger partial charge in [-0.15, -0.1) is 0 Å². The third-order valence-corrected chi connectivity index (χ3v) is 5.04. The number of nitrogens with zero attached hydrogens (tertiary/aromatic N) is 1. The number of hydrogen-bond acceptors (Lipinski definition) is 4. The zero-order chi connectivity index (χ0) is 19.9. The molecule has 142 valence electrons. The van der Waals surface area contributed by atoms with Crippen molar-refractivity contribution in [2.24, 2.45) is 0 Å². The molecule has 0 aliphatic carbocycles. The van der Waals surface area contributed by atoms with Crippen molar-refractivity contribution in [2.45, 2.75) is 17.8 Å². The molecule has 1 amide bonds. The number of nitrogen functional groups attached to an aromatic ring is 1. The van der Waals surface area contributed by atoms with E-state index in [0.717, 1.165) is 27.9 Å². The molecule has 0 unspecified atom stereocenters. The molecule has 6 heteroatoms. The number of H-pyrrole nitrogens is 1. The van der Waals surface area contributed by atoms with Crippen LogP contribution < -0.4 is 11.1 Å². The fourth-order valence-electron chi connectivity index (χ4n) is 2.54. The number of carbonyl (C=O) groups is 1. The van der Waals surface area contributed by atoms with E-state index in [4.69, 9.17) is 5.73 Å². The van der Waals surface area contributed by atoms with Crippen LogP contribution in [0.1, 0.15) is 27.3 Å². The predicted molar refractivity (Wildman–Crippen MR) is 117 cm³/mol. The molecule has 0 spiro atoms. The molecule has 0 saturated heterocycles. The number of hydrogen-bond donors (Lipinski definition) is 3. The van der Waals surface area contributed by atoms with Crippen LogP contribution in [0.4, 0.5) is 11.4 Å². The van der Waals surface area contributed by atoms with Crippen LogP contribution in [-0.4, -0.2) is 15.9 Å². The molecule has 28 heavy (non-hydrogen) atoms. The van der Waals surface area contributed by atoms with Crippen LogP contribution in [0, 0.1) is 6.92 Å². The summed E-state index contributed by atoms with van der Waals surface area (Å²) in [4.78, 5) is 20.2. The summed E-state index contributed by atoms with van der Waals surface area (Å²) in [5, 5.41) is 3.70. The minimum Gasteiger partial charge on any atom is -0.397 e. The van der Waals surface area contributed by atoms with Crippen LogP contribution in [-0.2, 0) is 5.75 Å². The van der Waals surface area contributed by atoms with E-state index in [1.54, 1.807) is 30.0 Å². The van der Waals surface area contributed by atoms with Gasteiger partial charge in [-0.3, -0.25) is 4.79 Å². The van der Waals surface area contributed by atoms with E-state index in [2.05, 4.69) is 21.9 Å². The highest BCUT2D eigenvalue weighted by Crippen LogP contribution is 2.23. The summed E-state index contributed by atoms with van der Waals surface area (Å²) in [6.45, 7) is 5.66. The molecule has 4 N–H and O–H groups in total. The monoisotopic (exact) mass is 390 g/mol. The molecule has 0 fully saturated rings. The lowest BCUT2D eigenvalue weighted by molar-refractivity contribution is 0.102. The average molecular weight is 391 g/mol. The molecule has 3 aromatic rings. The van der Waals surface area contributed by atoms with Gasteiger partial charge in [-0.25, -0.2) is 4.98 Å². The van der Waals surface area contributed by atoms with Crippen LogP contribution in [0.5, 0.6) is 0 Å². The predicted octanol–water partition coefficient (Wildman–Crippen LogP) is 5.04. The first kappa shape index (κ1) is 19.5. The number of benzene rings is 2. The third-order valence-electron chi connectivity index (χ3n) is 4.09. The second kappa shape index (κ2) is 9.10. The number of thioether (sulfide) groups is 1. The quantitative estimate of drug-likeness (QED) is 0.300. The molecule has 1 heterocycles. The number of carbonyl (C=O) groups excluding carboxylic acids is 1. The average Bonchev–Trinajstić information content (AvgIpc) is 3.06. The fraction of sp³-hybridized carbons (Fsp3) is 0.0909. The Kier molecular flexibility index (Phi) is 6.34. The molecule has 0 aliphatic heterocycles. The topological polar surface area (TPSA) is 83.8 Å². The number of amides is 1. The number of aromatic nitrogens is 2. The van der Waals surface area contributed by atoms with Gasteiger partial charge in [-0.2, -0.15) is 0 Å². The minimum atomic E-state index is -0.183. The van der Waals surface area contributed by atoms with Crippen molar-refractivity contribution < 1.29 is 4.79 Å². The van der Waals surface area contributed by atoms with Gasteiger partial charge in [0.25, 0.3) is 5.91 Å². The smallest absolute Gasteiger partial charge is 0.255 e. The van der Waals surface area contributed by atoms with E-state index < -0.39 is 0 Å². The number of aryl methyl sites for hydroxylation is 1. The molecule has 3 rings (SSSR count). The lowest BCUT2D eigenvalue weighted by Crippen LogP contribution is -2.13. The minimum absolute atomic E-state index is 0.183. The first-order chi connectivity index (χ1) is 13.6. The van der Waals surface area contributed by atoms with Crippen molar-refractivity contribution in [3.05, 3.63) is 89.8 Å². The van der Waals surface area contributed by atoms with Gasteiger partial charge in [0.1, 0.15) is 0 Å². The maximum atomic E-state index is 12.4. The standard InChI is InChI=1S/C22H22N4OS/c1-3-4-8-19-15(2)24-22(26-19)28-14-16-10-12-17(13-11-16)21(27)25-20-9-6-5-7-18(20)23/h3-13H,1,14,23H2,2H3,(H,24,26)(H,25,27)/b8-4-. The number of rotatable bonds is 7. The lowest BCUT2D eigenvalue weighted by Gasteiger charge is -2.08. The fourth-order valence-corrected chi connectivity index (χ4v) is 3.43. The van der Waals surface area contributed by atoms with E-state index >= 15 is 0 Å². The second-order valence-corrected chi connectivity index (χ2v) is 7.14. The first-order valence-corrected chi connectivity index (χ1v) is 9.78. The maximum Gasteiger partial charge on any atom is 0.255 e. The molecule has 0 atom stereocenters. The Morgan fingerprint density at radius 2 is 2.00 bits per heavy atom. The largest absolute Gasteiger partial charge is 0.397 e. The zero-order valence-electron chi connectivity index (χ0n) is 15.6. The molecule has 5 nitrogen and oxygen atoms in total. The number of nitrogens with one attached hydrogen (secondary N) is 2. The Balaban J connectivity index is 1.60. The SMILES string of the molecule is C=C/C=C\c1nc(SCc2ccc(C(=O)Nc3ccccc3N)cc2)[nH]c1C. The number of imidazole rings is 1. The molecule has 0 saturated carbocycles. The Hall–Kier alpha value is -3.25. The van der Waals surface area contributed by atoms with E-state index in [0.29, 0.717) is 16.9 Å². The van der Waals surface area contributed by atoms with Crippen molar-refractivity contribution in [1.29, 1.82) is 0 Å². The summed E-state index contributed by atoms with van der Waals surface area (Å²) in [6.07, 6.45) is 5.52. The van der Waals surface area contributed by atoms with Gasteiger partial charge in [0, 0.05) is 17.0 Å². The van der Waals surface area contributed by atoms with Gasteiger partial charge in [0.2, 0.25) is 0 Å². The highest BCUT2D eigenvalue weighted by Gasteiger charge is 2.09. The van der Waals surface area contributed by atoms with Crippen LogP contribution >= 0.6 is 11.8 Å². The number of aromatic amines is 1. The Morgan fingerprint density at radius 1 is 1.25 bits per heavy atom. The Morgan fingerprint density at radius 3 is 2.71 bits per heavy atom. The summed E-state index contributed by atoms with van der Waals surface area (Å²) in [5.41, 5.74) is 10.7. The highest BCUT2D eigenvalue weighted by atomic mass is 32.2. The van der Waals surface area contributed by atoms with E-state index in [9.17, 15) is 4.79 Å². The summed E-state index contributed by atoms with van der Waals surface area (Å²) in [6, 6.07) is 14.7. The molecule has 0 aliphatic rings. The van der Waals surface area contributed by atoms with E-state index in [1.807, 2.05) is 55.5 Å². The van der Waals surface area contributed by atoms with Crippen molar-refractivity contribution in [1.82, 2.24) is 9.97 Å². The van der Waals surface area contributed by atoms with Crippen molar-refractivity contribution >= 4 is 35.1 Å². The first-order valence-electron chi connectivity index (χ1n) is 8.80. The van der Waals surface area contributed by atoms with Crippen LogP contribution in [0.3, 0.4) is 0 Å². The van der Waals surface area contributed by atoms with Crippen molar-refractivity contribution in [3.63, 3.8) is 0 Å². The Bertz CT molecular complexity index is 1010. The molecular weight excluding hydrogens is 368 g/mol. The van der Waals surface area contributed by atoms with Gasteiger partial charge in [-0.05, 0) is 42.8 Å². The van der Waals surface area contributed by atoms with Gasteiger partial charge in [0.15, 0.2) is 5.16 Å². The Labute approximate surface area is 168 Å². The molecule has 1 aromatic heterocycles. The van der Waals surface area contributed by atoms with Crippen LogP contribution in [0.2, 0.25) is 0 Å². The highest BCUT2D eigenvalue weighted by molar-refractivity contribution is 7.98. The lowest BCUT2D eigenvalue weighted by atomic mass is 10.1. The maximum absolute atomic E-state index is 12.4. The number of allylic oxidation sites excluding steroid dienone is 2. The van der Waals surface area contributed by atoms with E-state index in [-0.39, 0.29) is 5.91 Å². The van der Waals surface area contributed by atoms with Gasteiger partial charge in [0.05, 0.1) is 17.1 Å². The van der Waals surface area contributed by atoms with Gasteiger partial charge < -0.3 is 16.0 Å². The van der Waals surface area contributed by atoms with E-state index in [1.165, 1.54) is 0 Å². The van der Waals surface area contributed by atoms with Gasteiger partial charge >= 0.3 is 0 Å². The number of para-hydroxylation sites is 2. The summed E-state index contributed by atoms with van der Waals surface area (Å²) < 4.78 is 0. The molecule has 2 aromatic carbocycles. The van der Waals surface area contributed by atoms with Crippen LogP contribution in [0.25, 0.3) is 6.08 Å². The summed E-state index contributed by atoms with van der Waals surface area (Å²) in [5.74, 6) is 0.572. The normalized spacial score (nSPS) is 10.9.